The Hall–Kier alpha value is -1.40. The van der Waals surface area contributed by atoms with Gasteiger partial charge in [-0.2, -0.15) is 0 Å². The van der Waals surface area contributed by atoms with Gasteiger partial charge < -0.3 is 5.11 Å². The number of carboxylic acid groups (broad SMARTS) is 1. The second kappa shape index (κ2) is 7.24. The summed E-state index contributed by atoms with van der Waals surface area (Å²) in [6.45, 7) is 0. The molecule has 0 radical (unpaired) electrons. The van der Waals surface area contributed by atoms with Crippen LogP contribution in [0, 0.1) is 0 Å². The molecule has 2 rings (SSSR count). The Morgan fingerprint density at radius 3 is 2.45 bits per heavy atom. The highest BCUT2D eigenvalue weighted by atomic mass is 32.2. The normalized spacial score (nSPS) is 17.4. The lowest BCUT2D eigenvalue weighted by Gasteiger charge is -2.26. The Balaban J connectivity index is 2.12. The second-order valence-corrected chi connectivity index (χ2v) is 7.95. The SMILES string of the molecule is CN(C1CCCCCC1)S(=O)(=O)Cc1cccc(C(=O)O)c1. The summed E-state index contributed by atoms with van der Waals surface area (Å²) in [7, 11) is -1.79. The van der Waals surface area contributed by atoms with E-state index in [0.29, 0.717) is 5.56 Å². The van der Waals surface area contributed by atoms with Gasteiger partial charge in [0.05, 0.1) is 11.3 Å². The molecule has 22 heavy (non-hydrogen) atoms. The molecule has 1 N–H and O–H groups in total. The molecule has 0 atom stereocenters. The number of hydrogen-bond acceptors (Lipinski definition) is 3. The van der Waals surface area contributed by atoms with Gasteiger partial charge in [-0.3, -0.25) is 0 Å². The zero-order valence-corrected chi connectivity index (χ0v) is 13.7. The third-order valence-electron chi connectivity index (χ3n) is 4.30. The van der Waals surface area contributed by atoms with Crippen molar-refractivity contribution >= 4 is 16.0 Å². The topological polar surface area (TPSA) is 74.7 Å². The molecular formula is C16H23NO4S. The maximum atomic E-state index is 12.6. The van der Waals surface area contributed by atoms with Gasteiger partial charge in [-0.1, -0.05) is 37.8 Å². The molecule has 0 bridgehead atoms. The van der Waals surface area contributed by atoms with E-state index in [9.17, 15) is 13.2 Å². The van der Waals surface area contributed by atoms with Crippen LogP contribution in [-0.4, -0.2) is 36.9 Å². The number of benzene rings is 1. The van der Waals surface area contributed by atoms with Crippen LogP contribution in [0.15, 0.2) is 24.3 Å². The van der Waals surface area contributed by atoms with Crippen LogP contribution < -0.4 is 0 Å². The Bertz CT molecular complexity index is 619. The molecule has 0 saturated heterocycles. The summed E-state index contributed by atoms with van der Waals surface area (Å²) >= 11 is 0. The van der Waals surface area contributed by atoms with Crippen molar-refractivity contribution in [3.8, 4) is 0 Å². The quantitative estimate of drug-likeness (QED) is 0.845. The van der Waals surface area contributed by atoms with Crippen LogP contribution in [0.1, 0.15) is 54.4 Å². The molecule has 0 spiro atoms. The van der Waals surface area contributed by atoms with Crippen molar-refractivity contribution in [2.75, 3.05) is 7.05 Å². The number of sulfonamides is 1. The highest BCUT2D eigenvalue weighted by molar-refractivity contribution is 7.88. The number of rotatable bonds is 5. The predicted octanol–water partition coefficient (Wildman–Crippen LogP) is 2.87. The first kappa shape index (κ1) is 17.0. The fourth-order valence-corrected chi connectivity index (χ4v) is 4.42. The first-order valence-corrected chi connectivity index (χ1v) is 9.29. The molecule has 0 amide bonds. The van der Waals surface area contributed by atoms with E-state index in [2.05, 4.69) is 0 Å². The minimum absolute atomic E-state index is 0.0650. The van der Waals surface area contributed by atoms with Crippen LogP contribution in [0.3, 0.4) is 0 Å². The maximum Gasteiger partial charge on any atom is 0.335 e. The van der Waals surface area contributed by atoms with Crippen molar-refractivity contribution in [2.45, 2.75) is 50.3 Å². The van der Waals surface area contributed by atoms with E-state index in [-0.39, 0.29) is 17.4 Å². The third-order valence-corrected chi connectivity index (χ3v) is 6.17. The molecule has 1 aliphatic carbocycles. The number of hydrogen-bond donors (Lipinski definition) is 1. The van der Waals surface area contributed by atoms with Gasteiger partial charge >= 0.3 is 5.97 Å². The van der Waals surface area contributed by atoms with Gasteiger partial charge in [0.15, 0.2) is 0 Å². The van der Waals surface area contributed by atoms with E-state index in [1.807, 2.05) is 0 Å². The fraction of sp³-hybridized carbons (Fsp3) is 0.562. The summed E-state index contributed by atoms with van der Waals surface area (Å²) < 4.78 is 26.6. The molecular weight excluding hydrogens is 302 g/mol. The largest absolute Gasteiger partial charge is 0.478 e. The summed E-state index contributed by atoms with van der Waals surface area (Å²) in [5.74, 6) is -1.20. The van der Waals surface area contributed by atoms with Crippen molar-refractivity contribution in [2.24, 2.45) is 0 Å². The van der Waals surface area contributed by atoms with E-state index in [4.69, 9.17) is 5.11 Å². The second-order valence-electron chi connectivity index (χ2n) is 5.92. The molecule has 1 aromatic rings. The first-order chi connectivity index (χ1) is 10.4. The summed E-state index contributed by atoms with van der Waals surface area (Å²) in [4.78, 5) is 11.0. The minimum Gasteiger partial charge on any atom is -0.478 e. The standard InChI is InChI=1S/C16H23NO4S/c1-17(15-9-4-2-3-5-10-15)22(20,21)12-13-7-6-8-14(11-13)16(18)19/h6-8,11,15H,2-5,9-10,12H2,1H3,(H,18,19). The van der Waals surface area contributed by atoms with Crippen molar-refractivity contribution in [1.29, 1.82) is 0 Å². The minimum atomic E-state index is -3.43. The molecule has 1 saturated carbocycles. The monoisotopic (exact) mass is 325 g/mol. The lowest BCUT2D eigenvalue weighted by molar-refractivity contribution is 0.0696. The van der Waals surface area contributed by atoms with Gasteiger partial charge in [0.1, 0.15) is 0 Å². The molecule has 0 unspecified atom stereocenters. The molecule has 5 nitrogen and oxygen atoms in total. The lowest BCUT2D eigenvalue weighted by atomic mass is 10.1. The maximum absolute atomic E-state index is 12.6. The van der Waals surface area contributed by atoms with Crippen molar-refractivity contribution in [3.63, 3.8) is 0 Å². The molecule has 1 aliphatic rings. The zero-order valence-electron chi connectivity index (χ0n) is 12.9. The van der Waals surface area contributed by atoms with Crippen LogP contribution in [0.2, 0.25) is 0 Å². The molecule has 0 aromatic heterocycles. The third kappa shape index (κ3) is 4.30. The summed E-state index contributed by atoms with van der Waals surface area (Å²) in [6, 6.07) is 6.20. The Kier molecular flexibility index (Phi) is 5.58. The lowest BCUT2D eigenvalue weighted by Crippen LogP contribution is -2.37. The molecule has 6 heteroatoms. The average Bonchev–Trinajstić information content (AvgIpc) is 2.75. The number of carbonyl (C=O) groups is 1. The number of carboxylic acids is 1. The Morgan fingerprint density at radius 2 is 1.86 bits per heavy atom. The fourth-order valence-electron chi connectivity index (χ4n) is 2.96. The van der Waals surface area contributed by atoms with Crippen molar-refractivity contribution < 1.29 is 18.3 Å². The van der Waals surface area contributed by atoms with Gasteiger partial charge in [0.25, 0.3) is 0 Å². The number of aromatic carboxylic acids is 1. The Morgan fingerprint density at radius 1 is 1.23 bits per heavy atom. The summed E-state index contributed by atoms with van der Waals surface area (Å²) in [5, 5.41) is 8.99. The van der Waals surface area contributed by atoms with Gasteiger partial charge in [-0.05, 0) is 30.5 Å². The van der Waals surface area contributed by atoms with E-state index < -0.39 is 16.0 Å². The van der Waals surface area contributed by atoms with Crippen LogP contribution in [0.5, 0.6) is 0 Å². The molecule has 0 heterocycles. The van der Waals surface area contributed by atoms with E-state index in [0.717, 1.165) is 25.7 Å². The molecule has 1 fully saturated rings. The highest BCUT2D eigenvalue weighted by Gasteiger charge is 2.27. The van der Waals surface area contributed by atoms with Crippen LogP contribution in [0.4, 0.5) is 0 Å². The van der Waals surface area contributed by atoms with Crippen LogP contribution in [0.25, 0.3) is 0 Å². The van der Waals surface area contributed by atoms with Gasteiger partial charge in [0.2, 0.25) is 10.0 Å². The molecule has 1 aromatic carbocycles. The van der Waals surface area contributed by atoms with E-state index >= 15 is 0 Å². The van der Waals surface area contributed by atoms with E-state index in [1.54, 1.807) is 19.2 Å². The van der Waals surface area contributed by atoms with Gasteiger partial charge in [0, 0.05) is 13.1 Å². The average molecular weight is 325 g/mol. The van der Waals surface area contributed by atoms with Crippen LogP contribution in [-0.2, 0) is 15.8 Å². The first-order valence-electron chi connectivity index (χ1n) is 7.68. The zero-order chi connectivity index (χ0) is 16.2. The predicted molar refractivity (Wildman–Crippen MR) is 85.3 cm³/mol. The Labute approximate surface area is 132 Å². The molecule has 0 aliphatic heterocycles. The highest BCUT2D eigenvalue weighted by Crippen LogP contribution is 2.24. The van der Waals surface area contributed by atoms with Gasteiger partial charge in [-0.25, -0.2) is 17.5 Å². The summed E-state index contributed by atoms with van der Waals surface area (Å²) in [5.41, 5.74) is 0.630. The molecule has 122 valence electrons. The smallest absolute Gasteiger partial charge is 0.335 e. The van der Waals surface area contributed by atoms with Crippen molar-refractivity contribution in [3.05, 3.63) is 35.4 Å². The van der Waals surface area contributed by atoms with Crippen LogP contribution >= 0.6 is 0 Å². The van der Waals surface area contributed by atoms with Crippen molar-refractivity contribution in [1.82, 2.24) is 4.31 Å². The van der Waals surface area contributed by atoms with Gasteiger partial charge in [-0.15, -0.1) is 0 Å². The number of nitrogens with zero attached hydrogens (tertiary/aromatic N) is 1. The summed E-state index contributed by atoms with van der Waals surface area (Å²) in [6.07, 6.45) is 6.30. The van der Waals surface area contributed by atoms with E-state index in [1.165, 1.54) is 29.3 Å².